The maximum absolute atomic E-state index is 2.33. The van der Waals surface area contributed by atoms with Crippen LogP contribution in [0.2, 0.25) is 0 Å². The molecule has 1 saturated carbocycles. The molecule has 2 unspecified atom stereocenters. The van der Waals surface area contributed by atoms with Gasteiger partial charge in [-0.05, 0) is 31.1 Å². The molecule has 0 heteroatoms. The van der Waals surface area contributed by atoms with E-state index in [1.165, 1.54) is 25.7 Å². The van der Waals surface area contributed by atoms with Gasteiger partial charge in [0.05, 0.1) is 0 Å². The van der Waals surface area contributed by atoms with Crippen molar-refractivity contribution < 1.29 is 0 Å². The van der Waals surface area contributed by atoms with Gasteiger partial charge in [-0.15, -0.1) is 0 Å². The Hall–Kier alpha value is -0.260. The Morgan fingerprint density at radius 2 is 1.45 bits per heavy atom. The lowest BCUT2D eigenvalue weighted by Crippen LogP contribution is -1.83. The van der Waals surface area contributed by atoms with Crippen LogP contribution < -0.4 is 0 Å². The van der Waals surface area contributed by atoms with E-state index in [0.29, 0.717) is 0 Å². The van der Waals surface area contributed by atoms with Gasteiger partial charge >= 0.3 is 0 Å². The second-order valence-corrected chi connectivity index (χ2v) is 3.41. The number of hydrogen-bond donors (Lipinski definition) is 0. The Morgan fingerprint density at radius 3 is 1.73 bits per heavy atom. The van der Waals surface area contributed by atoms with Crippen molar-refractivity contribution in [2.75, 3.05) is 0 Å². The lowest BCUT2D eigenvalue weighted by atomic mass is 10.1. The van der Waals surface area contributed by atoms with E-state index in [2.05, 4.69) is 26.0 Å². The predicted octanol–water partition coefficient (Wildman–Crippen LogP) is 4.02. The SMILES string of the molecule is C.C1=CCC2CC2C1.CCC. The van der Waals surface area contributed by atoms with Crippen LogP contribution in [0, 0.1) is 11.8 Å². The Bertz CT molecular complexity index is 101. The molecule has 0 aromatic carbocycles. The number of fused-ring (bicyclic) bond motifs is 1. The molecule has 1 fully saturated rings. The van der Waals surface area contributed by atoms with E-state index in [1.807, 2.05) is 0 Å². The van der Waals surface area contributed by atoms with E-state index in [0.717, 1.165) is 11.8 Å². The molecule has 0 bridgehead atoms. The smallest absolute Gasteiger partial charge is 0.0319 e. The molecule has 0 saturated heterocycles. The Balaban J connectivity index is 0.000000225. The minimum atomic E-state index is 0. The van der Waals surface area contributed by atoms with E-state index in [-0.39, 0.29) is 7.43 Å². The molecule has 0 aromatic heterocycles. The van der Waals surface area contributed by atoms with Gasteiger partial charge in [-0.3, -0.25) is 0 Å². The molecule has 11 heavy (non-hydrogen) atoms. The second-order valence-electron chi connectivity index (χ2n) is 3.41. The van der Waals surface area contributed by atoms with Crippen LogP contribution in [0.4, 0.5) is 0 Å². The maximum atomic E-state index is 2.33. The second kappa shape index (κ2) is 5.40. The molecule has 2 atom stereocenters. The first-order chi connectivity index (χ1) is 4.88. The molecule has 0 nitrogen and oxygen atoms in total. The van der Waals surface area contributed by atoms with Gasteiger partial charge in [-0.25, -0.2) is 0 Å². The van der Waals surface area contributed by atoms with Gasteiger partial charge in [0, 0.05) is 0 Å². The molecule has 0 aliphatic heterocycles. The van der Waals surface area contributed by atoms with Crippen molar-refractivity contribution in [1.82, 2.24) is 0 Å². The van der Waals surface area contributed by atoms with Crippen LogP contribution in [-0.4, -0.2) is 0 Å². The van der Waals surface area contributed by atoms with Crippen LogP contribution >= 0.6 is 0 Å². The van der Waals surface area contributed by atoms with Crippen molar-refractivity contribution in [3.8, 4) is 0 Å². The lowest BCUT2D eigenvalue weighted by Gasteiger charge is -1.96. The highest BCUT2D eigenvalue weighted by atomic mass is 14.4. The van der Waals surface area contributed by atoms with Gasteiger partial charge in [0.15, 0.2) is 0 Å². The molecule has 2 aliphatic carbocycles. The van der Waals surface area contributed by atoms with Crippen LogP contribution in [0.5, 0.6) is 0 Å². The monoisotopic (exact) mass is 154 g/mol. The van der Waals surface area contributed by atoms with Gasteiger partial charge < -0.3 is 0 Å². The van der Waals surface area contributed by atoms with Crippen molar-refractivity contribution in [2.45, 2.75) is 47.0 Å². The highest BCUT2D eigenvalue weighted by molar-refractivity contribution is 5.02. The normalized spacial score (nSPS) is 30.7. The standard InChI is InChI=1S/C7H10.C3H8.CH4/c1-2-4-7-5-6(7)3-1;1-3-2;/h1-2,6-7H,3-5H2;3H2,1-2H3;1H4. The van der Waals surface area contributed by atoms with E-state index in [1.54, 1.807) is 0 Å². The van der Waals surface area contributed by atoms with Crippen LogP contribution in [-0.2, 0) is 0 Å². The molecular formula is C11H22. The zero-order valence-corrected chi connectivity index (χ0v) is 7.14. The van der Waals surface area contributed by atoms with Crippen molar-refractivity contribution in [2.24, 2.45) is 11.8 Å². The first-order valence-electron chi connectivity index (χ1n) is 4.53. The van der Waals surface area contributed by atoms with Crippen molar-refractivity contribution in [3.63, 3.8) is 0 Å². The van der Waals surface area contributed by atoms with Crippen molar-refractivity contribution in [3.05, 3.63) is 12.2 Å². The largest absolute Gasteiger partial charge is 0.0882 e. The quantitative estimate of drug-likeness (QED) is 0.462. The van der Waals surface area contributed by atoms with Gasteiger partial charge in [-0.1, -0.05) is 39.8 Å². The third-order valence-corrected chi connectivity index (χ3v) is 2.11. The summed E-state index contributed by atoms with van der Waals surface area (Å²) >= 11 is 0. The average Bonchev–Trinajstić information content (AvgIpc) is 2.66. The summed E-state index contributed by atoms with van der Waals surface area (Å²) in [7, 11) is 0. The first-order valence-corrected chi connectivity index (χ1v) is 4.53. The zero-order chi connectivity index (χ0) is 7.40. The average molecular weight is 154 g/mol. The predicted molar refractivity (Wildman–Crippen MR) is 52.7 cm³/mol. The van der Waals surface area contributed by atoms with E-state index in [4.69, 9.17) is 0 Å². The summed E-state index contributed by atoms with van der Waals surface area (Å²) in [5, 5.41) is 0. The topological polar surface area (TPSA) is 0 Å². The maximum Gasteiger partial charge on any atom is -0.0319 e. The van der Waals surface area contributed by atoms with Crippen LogP contribution in [0.3, 0.4) is 0 Å². The van der Waals surface area contributed by atoms with Crippen molar-refractivity contribution >= 4 is 0 Å². The third kappa shape index (κ3) is 3.60. The summed E-state index contributed by atoms with van der Waals surface area (Å²) < 4.78 is 0. The van der Waals surface area contributed by atoms with Crippen LogP contribution in [0.25, 0.3) is 0 Å². The summed E-state index contributed by atoms with van der Waals surface area (Å²) in [6.45, 7) is 4.25. The van der Waals surface area contributed by atoms with Gasteiger partial charge in [-0.2, -0.15) is 0 Å². The van der Waals surface area contributed by atoms with Gasteiger partial charge in [0.2, 0.25) is 0 Å². The third-order valence-electron chi connectivity index (χ3n) is 2.11. The summed E-state index contributed by atoms with van der Waals surface area (Å²) in [6, 6.07) is 0. The van der Waals surface area contributed by atoms with Gasteiger partial charge in [0.25, 0.3) is 0 Å². The van der Waals surface area contributed by atoms with E-state index in [9.17, 15) is 0 Å². The first kappa shape index (κ1) is 10.7. The summed E-state index contributed by atoms with van der Waals surface area (Å²) in [5.74, 6) is 2.23. The molecule has 66 valence electrons. The molecule has 0 spiro atoms. The molecule has 0 N–H and O–H groups in total. The number of allylic oxidation sites excluding steroid dienone is 2. The van der Waals surface area contributed by atoms with Crippen LogP contribution in [0.1, 0.15) is 47.0 Å². The molecular weight excluding hydrogens is 132 g/mol. The van der Waals surface area contributed by atoms with Crippen LogP contribution in [0.15, 0.2) is 12.2 Å². The summed E-state index contributed by atoms with van der Waals surface area (Å²) in [6.07, 6.45) is 10.2. The Labute approximate surface area is 71.7 Å². The fourth-order valence-corrected chi connectivity index (χ4v) is 1.43. The molecule has 0 heterocycles. The fraction of sp³-hybridized carbons (Fsp3) is 0.818. The Kier molecular flexibility index (Phi) is 5.27. The summed E-state index contributed by atoms with van der Waals surface area (Å²) in [4.78, 5) is 0. The summed E-state index contributed by atoms with van der Waals surface area (Å²) in [5.41, 5.74) is 0. The molecule has 0 radical (unpaired) electrons. The lowest BCUT2D eigenvalue weighted by molar-refractivity contribution is 0.689. The minimum absolute atomic E-state index is 0. The van der Waals surface area contributed by atoms with E-state index < -0.39 is 0 Å². The molecule has 0 amide bonds. The highest BCUT2D eigenvalue weighted by Gasteiger charge is 2.36. The minimum Gasteiger partial charge on any atom is -0.0882 e. The number of hydrogen-bond acceptors (Lipinski definition) is 0. The highest BCUT2D eigenvalue weighted by Crippen LogP contribution is 2.46. The number of rotatable bonds is 0. The van der Waals surface area contributed by atoms with Crippen molar-refractivity contribution in [1.29, 1.82) is 0 Å². The van der Waals surface area contributed by atoms with Gasteiger partial charge in [0.1, 0.15) is 0 Å². The zero-order valence-electron chi connectivity index (χ0n) is 7.14. The molecule has 2 rings (SSSR count). The molecule has 2 aliphatic rings. The molecule has 0 aromatic rings. The van der Waals surface area contributed by atoms with E-state index >= 15 is 0 Å². The fourth-order valence-electron chi connectivity index (χ4n) is 1.43. The Morgan fingerprint density at radius 1 is 1.09 bits per heavy atom.